The highest BCUT2D eigenvalue weighted by molar-refractivity contribution is 4.59. The third-order valence-corrected chi connectivity index (χ3v) is 0.849. The number of nitrogens with two attached hydrogens (primary N) is 1. The zero-order valence-corrected chi connectivity index (χ0v) is 5.36. The topological polar surface area (TPSA) is 119 Å². The van der Waals surface area contributed by atoms with Crippen molar-refractivity contribution in [1.82, 2.24) is 5.32 Å². The van der Waals surface area contributed by atoms with Crippen LogP contribution in [0.4, 0.5) is 0 Å². The predicted octanol–water partition coefficient (Wildman–Crippen LogP) is -3.52. The molecule has 6 heteroatoms. The summed E-state index contributed by atoms with van der Waals surface area (Å²) in [4.78, 5) is 0. The lowest BCUT2D eigenvalue weighted by molar-refractivity contribution is -0.359. The van der Waals surface area contributed by atoms with E-state index in [0.29, 0.717) is 0 Å². The fourth-order valence-electron chi connectivity index (χ4n) is 0.357. The highest BCUT2D eigenvalue weighted by Crippen LogP contribution is 1.96. The van der Waals surface area contributed by atoms with Gasteiger partial charge in [-0.25, -0.2) is 0 Å². The molecule has 0 saturated heterocycles. The summed E-state index contributed by atoms with van der Waals surface area (Å²) in [5.41, 5.74) is 5.00. The summed E-state index contributed by atoms with van der Waals surface area (Å²) >= 11 is 0. The molecule has 0 rings (SSSR count). The molecule has 6 nitrogen and oxygen atoms in total. The second-order valence-corrected chi connectivity index (χ2v) is 1.83. The van der Waals surface area contributed by atoms with Crippen molar-refractivity contribution in [1.29, 1.82) is 0 Å². The minimum Gasteiger partial charge on any atom is -0.371 e. The van der Waals surface area contributed by atoms with Crippen molar-refractivity contribution >= 4 is 0 Å². The quantitative estimate of drug-likeness (QED) is 0.232. The van der Waals surface area contributed by atoms with Crippen LogP contribution in [0.3, 0.4) is 0 Å². The lowest BCUT2D eigenvalue weighted by Crippen LogP contribution is -2.51. The Morgan fingerprint density at radius 3 is 2.20 bits per heavy atom. The van der Waals surface area contributed by atoms with Gasteiger partial charge in [0, 0.05) is 13.1 Å². The molecule has 0 aromatic heterocycles. The predicted molar refractivity (Wildman–Crippen MR) is 32.5 cm³/mol. The van der Waals surface area contributed by atoms with E-state index in [1.807, 2.05) is 0 Å². The van der Waals surface area contributed by atoms with Crippen LogP contribution in [-0.4, -0.2) is 45.7 Å². The molecule has 0 heterocycles. The van der Waals surface area contributed by atoms with Gasteiger partial charge in [0.2, 0.25) is 0 Å². The van der Waals surface area contributed by atoms with Crippen LogP contribution in [0.25, 0.3) is 0 Å². The first-order chi connectivity index (χ1) is 4.48. The van der Waals surface area contributed by atoms with Gasteiger partial charge in [-0.15, -0.1) is 0 Å². The zero-order chi connectivity index (χ0) is 8.20. The highest BCUT2D eigenvalue weighted by atomic mass is 16.7. The fraction of sp³-hybridized carbons (Fsp3) is 1.00. The Kier molecular flexibility index (Phi) is 3.72. The van der Waals surface area contributed by atoms with Gasteiger partial charge in [0.15, 0.2) is 6.23 Å². The van der Waals surface area contributed by atoms with E-state index in [1.54, 1.807) is 0 Å². The van der Waals surface area contributed by atoms with Crippen LogP contribution in [0.1, 0.15) is 0 Å². The normalized spacial score (nSPS) is 15.3. The number of aliphatic hydroxyl groups is 4. The number of hydrogen-bond donors (Lipinski definition) is 6. The summed E-state index contributed by atoms with van der Waals surface area (Å²) in [5, 5.41) is 35.6. The summed E-state index contributed by atoms with van der Waals surface area (Å²) in [5.74, 6) is -3.10. The van der Waals surface area contributed by atoms with Crippen molar-refractivity contribution in [3.8, 4) is 0 Å². The third-order valence-electron chi connectivity index (χ3n) is 0.849. The average molecular weight is 152 g/mol. The van der Waals surface area contributed by atoms with E-state index in [0.717, 1.165) is 0 Å². The Balaban J connectivity index is 3.52. The molecule has 0 fully saturated rings. The number of aliphatic hydroxyl groups excluding tert-OH is 1. The summed E-state index contributed by atoms with van der Waals surface area (Å²) in [6.45, 7) is 0.414. The summed E-state index contributed by atoms with van der Waals surface area (Å²) in [6.07, 6.45) is -1.80. The molecule has 0 aliphatic rings. The van der Waals surface area contributed by atoms with Gasteiger partial charge in [0.05, 0.1) is 0 Å². The Hall–Kier alpha value is -0.240. The van der Waals surface area contributed by atoms with Gasteiger partial charge >= 0.3 is 5.97 Å². The highest BCUT2D eigenvalue weighted by Gasteiger charge is 2.29. The van der Waals surface area contributed by atoms with Gasteiger partial charge in [-0.3, -0.25) is 5.32 Å². The smallest absolute Gasteiger partial charge is 0.317 e. The van der Waals surface area contributed by atoms with E-state index in [4.69, 9.17) is 26.2 Å². The standard InChI is InChI=1S/C4H12N2O4/c5-1-2-6-3(7)4(8,9)10/h3,6-10H,1-2,5H2. The lowest BCUT2D eigenvalue weighted by atomic mass is 10.4. The maximum atomic E-state index is 8.60. The molecule has 0 aliphatic carbocycles. The van der Waals surface area contributed by atoms with Crippen molar-refractivity contribution in [2.24, 2.45) is 5.73 Å². The molecule has 0 saturated carbocycles. The largest absolute Gasteiger partial charge is 0.371 e. The van der Waals surface area contributed by atoms with E-state index in [9.17, 15) is 0 Å². The first kappa shape index (κ1) is 9.76. The zero-order valence-electron chi connectivity index (χ0n) is 5.36. The second-order valence-electron chi connectivity index (χ2n) is 1.83. The number of hydrogen-bond acceptors (Lipinski definition) is 6. The van der Waals surface area contributed by atoms with Crippen LogP contribution >= 0.6 is 0 Å². The molecule has 62 valence electrons. The average Bonchev–Trinajstić information content (AvgIpc) is 1.80. The molecule has 0 aromatic rings. The maximum absolute atomic E-state index is 8.60. The third kappa shape index (κ3) is 3.72. The van der Waals surface area contributed by atoms with Crippen molar-refractivity contribution in [2.45, 2.75) is 12.2 Å². The minimum atomic E-state index is -3.10. The first-order valence-electron chi connectivity index (χ1n) is 2.77. The maximum Gasteiger partial charge on any atom is 0.317 e. The summed E-state index contributed by atoms with van der Waals surface area (Å²) < 4.78 is 0. The van der Waals surface area contributed by atoms with Crippen LogP contribution in [0.5, 0.6) is 0 Å². The van der Waals surface area contributed by atoms with E-state index in [2.05, 4.69) is 5.32 Å². The van der Waals surface area contributed by atoms with Crippen LogP contribution in [0.15, 0.2) is 0 Å². The van der Waals surface area contributed by atoms with E-state index >= 15 is 0 Å². The van der Waals surface area contributed by atoms with Crippen LogP contribution < -0.4 is 11.1 Å². The van der Waals surface area contributed by atoms with E-state index in [-0.39, 0.29) is 13.1 Å². The molecule has 0 aliphatic heterocycles. The van der Waals surface area contributed by atoms with Crippen molar-refractivity contribution in [3.05, 3.63) is 0 Å². The minimum absolute atomic E-state index is 0.185. The molecule has 0 bridgehead atoms. The second kappa shape index (κ2) is 3.81. The fourth-order valence-corrected chi connectivity index (χ4v) is 0.357. The molecular formula is C4H12N2O4. The molecule has 7 N–H and O–H groups in total. The van der Waals surface area contributed by atoms with Gasteiger partial charge in [-0.05, 0) is 0 Å². The summed E-state index contributed by atoms with van der Waals surface area (Å²) in [6, 6.07) is 0. The molecule has 1 unspecified atom stereocenters. The van der Waals surface area contributed by atoms with Crippen molar-refractivity contribution in [3.63, 3.8) is 0 Å². The number of nitrogens with one attached hydrogen (secondary N) is 1. The Morgan fingerprint density at radius 2 is 1.90 bits per heavy atom. The van der Waals surface area contributed by atoms with E-state index < -0.39 is 12.2 Å². The Bertz CT molecular complexity index is 91.7. The van der Waals surface area contributed by atoms with Crippen molar-refractivity contribution in [2.75, 3.05) is 13.1 Å². The Labute approximate surface area is 57.9 Å². The van der Waals surface area contributed by atoms with E-state index in [1.165, 1.54) is 0 Å². The van der Waals surface area contributed by atoms with Gasteiger partial charge in [-0.2, -0.15) is 0 Å². The Morgan fingerprint density at radius 1 is 1.40 bits per heavy atom. The number of rotatable bonds is 4. The monoisotopic (exact) mass is 152 g/mol. The van der Waals surface area contributed by atoms with Gasteiger partial charge in [0.1, 0.15) is 0 Å². The molecule has 0 amide bonds. The molecule has 0 radical (unpaired) electrons. The molecule has 0 spiro atoms. The first-order valence-corrected chi connectivity index (χ1v) is 2.77. The molecular weight excluding hydrogens is 140 g/mol. The molecule has 10 heavy (non-hydrogen) atoms. The van der Waals surface area contributed by atoms with Crippen LogP contribution in [0, 0.1) is 0 Å². The SMILES string of the molecule is NCCNC(O)C(O)(O)O. The van der Waals surface area contributed by atoms with Crippen LogP contribution in [0.2, 0.25) is 0 Å². The van der Waals surface area contributed by atoms with Crippen LogP contribution in [-0.2, 0) is 0 Å². The van der Waals surface area contributed by atoms with Crippen molar-refractivity contribution < 1.29 is 20.4 Å². The molecule has 1 atom stereocenters. The lowest BCUT2D eigenvalue weighted by Gasteiger charge is -2.21. The summed E-state index contributed by atoms with van der Waals surface area (Å²) in [7, 11) is 0. The molecule has 0 aromatic carbocycles. The van der Waals surface area contributed by atoms with Gasteiger partial charge in [-0.1, -0.05) is 0 Å². The van der Waals surface area contributed by atoms with Gasteiger partial charge < -0.3 is 26.2 Å². The van der Waals surface area contributed by atoms with Gasteiger partial charge in [0.25, 0.3) is 0 Å².